The summed E-state index contributed by atoms with van der Waals surface area (Å²) in [5, 5.41) is 3.61. The molecule has 11 heteroatoms. The number of amides is 2. The topological polar surface area (TPSA) is 119 Å². The molecular formula is C38H38FN5O5. The number of halogens is 1. The second-order valence-corrected chi connectivity index (χ2v) is 12.9. The van der Waals surface area contributed by atoms with Crippen LogP contribution >= 0.6 is 0 Å². The van der Waals surface area contributed by atoms with Gasteiger partial charge in [0.15, 0.2) is 0 Å². The summed E-state index contributed by atoms with van der Waals surface area (Å²) in [6, 6.07) is 19.9. The average Bonchev–Trinajstić information content (AvgIpc) is 3.54. The molecule has 1 saturated heterocycles. The molecule has 0 aliphatic carbocycles. The summed E-state index contributed by atoms with van der Waals surface area (Å²) in [6.07, 6.45) is 1.39. The van der Waals surface area contributed by atoms with Crippen molar-refractivity contribution >= 4 is 28.9 Å². The molecule has 2 N–H and O–H groups in total. The van der Waals surface area contributed by atoms with E-state index in [2.05, 4.69) is 22.4 Å². The summed E-state index contributed by atoms with van der Waals surface area (Å²) in [6.45, 7) is 6.86. The van der Waals surface area contributed by atoms with Crippen LogP contribution in [0, 0.1) is 19.7 Å². The number of aromatic amines is 1. The van der Waals surface area contributed by atoms with Crippen molar-refractivity contribution in [1.82, 2.24) is 19.4 Å². The number of fused-ring (bicyclic) bond motifs is 2. The summed E-state index contributed by atoms with van der Waals surface area (Å²) >= 11 is 0. The zero-order chi connectivity index (χ0) is 34.2. The van der Waals surface area contributed by atoms with E-state index in [4.69, 9.17) is 14.5 Å². The zero-order valence-electron chi connectivity index (χ0n) is 27.7. The lowest BCUT2D eigenvalue weighted by molar-refractivity contribution is 0.0666. The third kappa shape index (κ3) is 6.33. The van der Waals surface area contributed by atoms with E-state index in [-0.39, 0.29) is 30.7 Å². The molecular weight excluding hydrogens is 625 g/mol. The number of hydrogen-bond donors (Lipinski definition) is 2. The van der Waals surface area contributed by atoms with Gasteiger partial charge in [-0.2, -0.15) is 0 Å². The number of aryl methyl sites for hydroxylation is 2. The summed E-state index contributed by atoms with van der Waals surface area (Å²) < 4.78 is 26.9. The zero-order valence-corrected chi connectivity index (χ0v) is 27.7. The minimum Gasteiger partial charge on any atom is -0.444 e. The second kappa shape index (κ2) is 13.3. The maximum absolute atomic E-state index is 14.6. The molecule has 2 aliphatic heterocycles. The molecule has 0 saturated carbocycles. The molecule has 2 aromatic heterocycles. The third-order valence-corrected chi connectivity index (χ3v) is 9.61. The normalized spacial score (nSPS) is 16.4. The van der Waals surface area contributed by atoms with Gasteiger partial charge in [-0.05, 0) is 98.5 Å². The Morgan fingerprint density at radius 1 is 1.04 bits per heavy atom. The van der Waals surface area contributed by atoms with Gasteiger partial charge in [-0.25, -0.2) is 18.7 Å². The number of nitrogens with zero attached hydrogens (tertiary/aromatic N) is 3. The first-order valence-corrected chi connectivity index (χ1v) is 16.6. The van der Waals surface area contributed by atoms with E-state index in [0.29, 0.717) is 46.2 Å². The standard InChI is InChI=1S/C38H38FN5O5/c1-22-17-29(18-23(2)33(22)39)44-35(45)30-11-14-43(24(3)34(30)41-37(44)42-38(47)49-21-25-7-5-4-6-8-25)36(46)32-20-28-19-27(9-10-31(28)40-32)26-12-15-48-16-13-26/h4-10,17-20,24,26,40H,11-16,21H2,1-3H3,(H,41,42,47). The summed E-state index contributed by atoms with van der Waals surface area (Å²) in [5.74, 6) is -0.240. The Bertz CT molecular complexity index is 2100. The lowest BCUT2D eigenvalue weighted by Crippen LogP contribution is -2.43. The van der Waals surface area contributed by atoms with Crippen LogP contribution in [0.4, 0.5) is 15.1 Å². The Morgan fingerprint density at radius 3 is 2.51 bits per heavy atom. The van der Waals surface area contributed by atoms with Crippen LogP contribution in [-0.4, -0.2) is 51.2 Å². The molecule has 0 spiro atoms. The monoisotopic (exact) mass is 663 g/mol. The fraction of sp³-hybridized carbons (Fsp3) is 0.316. The van der Waals surface area contributed by atoms with Gasteiger partial charge < -0.3 is 19.4 Å². The first kappa shape index (κ1) is 32.3. The van der Waals surface area contributed by atoms with Crippen LogP contribution in [0.25, 0.3) is 16.6 Å². The molecule has 2 aliphatic rings. The van der Waals surface area contributed by atoms with Crippen molar-refractivity contribution in [2.45, 2.75) is 58.6 Å². The molecule has 49 heavy (non-hydrogen) atoms. The number of anilines is 1. The molecule has 4 heterocycles. The van der Waals surface area contributed by atoms with E-state index in [0.717, 1.165) is 42.5 Å². The number of carbonyl (C=O) groups is 2. The van der Waals surface area contributed by atoms with Gasteiger partial charge in [0.25, 0.3) is 11.5 Å². The molecule has 252 valence electrons. The fourth-order valence-electron chi connectivity index (χ4n) is 6.94. The Kier molecular flexibility index (Phi) is 8.77. The molecule has 3 aromatic carbocycles. The predicted octanol–water partition coefficient (Wildman–Crippen LogP) is 6.87. The molecule has 5 aromatic rings. The number of nitrogens with one attached hydrogen (secondary N) is 2. The SMILES string of the molecule is Cc1cc(-n2c(NC(=O)OCc3ccccc3)nc3c(c2=O)CCN(C(=O)c2cc4cc(C5CCOCC5)ccc4[nH]2)C3C)cc(C)c1F. The first-order valence-electron chi connectivity index (χ1n) is 16.6. The first-order chi connectivity index (χ1) is 23.7. The van der Waals surface area contributed by atoms with Crippen LogP contribution in [0.1, 0.15) is 75.7 Å². The lowest BCUT2D eigenvalue weighted by Gasteiger charge is -2.34. The minimum atomic E-state index is -0.811. The molecule has 0 bridgehead atoms. The van der Waals surface area contributed by atoms with Crippen molar-refractivity contribution in [2.75, 3.05) is 25.1 Å². The van der Waals surface area contributed by atoms with Crippen molar-refractivity contribution < 1.29 is 23.5 Å². The van der Waals surface area contributed by atoms with Gasteiger partial charge in [0.2, 0.25) is 5.95 Å². The third-order valence-electron chi connectivity index (χ3n) is 9.61. The summed E-state index contributed by atoms with van der Waals surface area (Å²) in [7, 11) is 0. The van der Waals surface area contributed by atoms with Crippen molar-refractivity contribution in [3.63, 3.8) is 0 Å². The Balaban J connectivity index is 1.21. The maximum Gasteiger partial charge on any atom is 0.414 e. The predicted molar refractivity (Wildman–Crippen MR) is 184 cm³/mol. The minimum absolute atomic E-state index is 0.0103. The van der Waals surface area contributed by atoms with Crippen LogP contribution in [0.3, 0.4) is 0 Å². The van der Waals surface area contributed by atoms with Gasteiger partial charge in [0, 0.05) is 36.2 Å². The molecule has 7 rings (SSSR count). The molecule has 10 nitrogen and oxygen atoms in total. The highest BCUT2D eigenvalue weighted by atomic mass is 19.1. The van der Waals surface area contributed by atoms with E-state index in [1.165, 1.54) is 10.1 Å². The average molecular weight is 664 g/mol. The van der Waals surface area contributed by atoms with E-state index in [1.807, 2.05) is 49.4 Å². The number of carbonyl (C=O) groups excluding carboxylic acids is 2. The van der Waals surface area contributed by atoms with Crippen LogP contribution in [-0.2, 0) is 22.5 Å². The number of aromatic nitrogens is 3. The van der Waals surface area contributed by atoms with E-state index in [9.17, 15) is 18.8 Å². The number of rotatable bonds is 6. The fourth-order valence-corrected chi connectivity index (χ4v) is 6.94. The van der Waals surface area contributed by atoms with Gasteiger partial charge in [-0.1, -0.05) is 36.4 Å². The largest absolute Gasteiger partial charge is 0.444 e. The number of ether oxygens (including phenoxy) is 2. The quantitative estimate of drug-likeness (QED) is 0.205. The highest BCUT2D eigenvalue weighted by Gasteiger charge is 2.34. The molecule has 1 atom stereocenters. The number of hydrogen-bond acceptors (Lipinski definition) is 6. The van der Waals surface area contributed by atoms with Crippen LogP contribution in [0.2, 0.25) is 0 Å². The smallest absolute Gasteiger partial charge is 0.414 e. The van der Waals surface area contributed by atoms with Crippen molar-refractivity contribution in [1.29, 1.82) is 0 Å². The van der Waals surface area contributed by atoms with Crippen molar-refractivity contribution in [3.05, 3.63) is 122 Å². The Hall–Kier alpha value is -5.29. The second-order valence-electron chi connectivity index (χ2n) is 12.9. The van der Waals surface area contributed by atoms with Crippen LogP contribution in [0.15, 0.2) is 71.5 Å². The van der Waals surface area contributed by atoms with Crippen LogP contribution < -0.4 is 10.9 Å². The van der Waals surface area contributed by atoms with Gasteiger partial charge >= 0.3 is 6.09 Å². The maximum atomic E-state index is 14.6. The molecule has 1 fully saturated rings. The van der Waals surface area contributed by atoms with Gasteiger partial charge in [-0.3, -0.25) is 14.9 Å². The molecule has 2 amide bonds. The van der Waals surface area contributed by atoms with E-state index in [1.54, 1.807) is 30.9 Å². The van der Waals surface area contributed by atoms with Crippen LogP contribution in [0.5, 0.6) is 0 Å². The van der Waals surface area contributed by atoms with Crippen molar-refractivity contribution in [2.24, 2.45) is 0 Å². The Labute approximate surface area is 282 Å². The highest BCUT2D eigenvalue weighted by Crippen LogP contribution is 2.32. The summed E-state index contributed by atoms with van der Waals surface area (Å²) in [5.41, 5.74) is 4.81. The Morgan fingerprint density at radius 2 is 1.78 bits per heavy atom. The van der Waals surface area contributed by atoms with Gasteiger partial charge in [0.1, 0.15) is 18.1 Å². The lowest BCUT2D eigenvalue weighted by atomic mass is 9.91. The number of benzene rings is 3. The van der Waals surface area contributed by atoms with Gasteiger partial charge in [-0.15, -0.1) is 0 Å². The molecule has 0 radical (unpaired) electrons. The van der Waals surface area contributed by atoms with E-state index >= 15 is 0 Å². The molecule has 1 unspecified atom stereocenters. The van der Waals surface area contributed by atoms with E-state index < -0.39 is 17.7 Å². The van der Waals surface area contributed by atoms with Gasteiger partial charge in [0.05, 0.1) is 17.4 Å². The van der Waals surface area contributed by atoms with Crippen molar-refractivity contribution in [3.8, 4) is 5.69 Å². The summed E-state index contributed by atoms with van der Waals surface area (Å²) in [4.78, 5) is 51.0. The number of H-pyrrole nitrogens is 1. The highest BCUT2D eigenvalue weighted by molar-refractivity contribution is 5.98.